The zero-order chi connectivity index (χ0) is 17.5. The molecule has 0 aromatic heterocycles. The lowest BCUT2D eigenvalue weighted by atomic mass is 9.99. The molecule has 136 valence electrons. The van der Waals surface area contributed by atoms with Crippen molar-refractivity contribution in [3.8, 4) is 0 Å². The second kappa shape index (κ2) is 14.3. The lowest BCUT2D eigenvalue weighted by Gasteiger charge is -2.18. The van der Waals surface area contributed by atoms with E-state index in [0.29, 0.717) is 31.6 Å². The zero-order valence-electron chi connectivity index (χ0n) is 15.7. The van der Waals surface area contributed by atoms with Gasteiger partial charge in [-0.1, -0.05) is 33.1 Å². The minimum atomic E-state index is -0.00562. The van der Waals surface area contributed by atoms with Crippen LogP contribution in [0.2, 0.25) is 0 Å². The molecule has 0 radical (unpaired) electrons. The lowest BCUT2D eigenvalue weighted by molar-refractivity contribution is -0.127. The van der Waals surface area contributed by atoms with Crippen LogP contribution in [0.3, 0.4) is 0 Å². The average Bonchev–Trinajstić information content (AvgIpc) is 2.55. The van der Waals surface area contributed by atoms with Crippen LogP contribution in [0.1, 0.15) is 46.5 Å². The van der Waals surface area contributed by atoms with Gasteiger partial charge in [0.05, 0.1) is 6.61 Å². The van der Waals surface area contributed by atoms with Crippen molar-refractivity contribution in [2.75, 3.05) is 46.9 Å². The third-order valence-electron chi connectivity index (χ3n) is 3.72. The van der Waals surface area contributed by atoms with Crippen molar-refractivity contribution in [1.29, 1.82) is 0 Å². The fourth-order valence-electron chi connectivity index (χ4n) is 2.03. The molecule has 0 heterocycles. The van der Waals surface area contributed by atoms with E-state index in [2.05, 4.69) is 29.5 Å². The number of aliphatic imine (C=N–C) groups is 1. The zero-order valence-corrected chi connectivity index (χ0v) is 15.7. The Morgan fingerprint density at radius 3 is 2.52 bits per heavy atom. The number of nitrogens with one attached hydrogen (secondary N) is 2. The van der Waals surface area contributed by atoms with Crippen LogP contribution in [-0.4, -0.2) is 63.7 Å². The number of unbranched alkanes of at least 4 members (excludes halogenated alkanes) is 1. The number of guanidine groups is 1. The smallest absolute Gasteiger partial charge is 0.243 e. The summed E-state index contributed by atoms with van der Waals surface area (Å²) in [6.07, 6.45) is 4.85. The van der Waals surface area contributed by atoms with Crippen molar-refractivity contribution in [2.45, 2.75) is 46.5 Å². The fraction of sp³-hybridized carbons (Fsp3) is 0.882. The van der Waals surface area contributed by atoms with Crippen LogP contribution in [-0.2, 0) is 9.53 Å². The van der Waals surface area contributed by atoms with Crippen molar-refractivity contribution in [1.82, 2.24) is 15.5 Å². The van der Waals surface area contributed by atoms with Gasteiger partial charge in [-0.2, -0.15) is 0 Å². The Labute approximate surface area is 142 Å². The topological polar surface area (TPSA) is 66.0 Å². The third-order valence-corrected chi connectivity index (χ3v) is 3.72. The second-order valence-electron chi connectivity index (χ2n) is 5.87. The first-order valence-corrected chi connectivity index (χ1v) is 8.85. The van der Waals surface area contributed by atoms with Crippen LogP contribution >= 0.6 is 0 Å². The molecule has 1 amide bonds. The fourth-order valence-corrected chi connectivity index (χ4v) is 2.03. The highest BCUT2D eigenvalue weighted by molar-refractivity contribution is 5.84. The third kappa shape index (κ3) is 11.9. The molecule has 0 aromatic rings. The summed E-state index contributed by atoms with van der Waals surface area (Å²) in [5, 5.41) is 6.59. The molecule has 1 unspecified atom stereocenters. The number of hydrogen-bond acceptors (Lipinski definition) is 3. The molecule has 23 heavy (non-hydrogen) atoms. The second-order valence-corrected chi connectivity index (χ2v) is 5.87. The molecule has 0 aromatic carbocycles. The SMILES string of the molecule is CCCCC(CC)CNC(=NCC(=O)N(C)C)NCCOCC. The van der Waals surface area contributed by atoms with Gasteiger partial charge in [0.1, 0.15) is 6.54 Å². The van der Waals surface area contributed by atoms with Crippen LogP contribution in [0.25, 0.3) is 0 Å². The summed E-state index contributed by atoms with van der Waals surface area (Å²) in [6.45, 7) is 9.47. The van der Waals surface area contributed by atoms with Gasteiger partial charge in [-0.3, -0.25) is 4.79 Å². The maximum absolute atomic E-state index is 11.7. The number of likely N-dealkylation sites (N-methyl/N-ethyl adjacent to an activating group) is 1. The van der Waals surface area contributed by atoms with Crippen LogP contribution in [0.4, 0.5) is 0 Å². The van der Waals surface area contributed by atoms with Crippen LogP contribution in [0.5, 0.6) is 0 Å². The number of carbonyl (C=O) groups is 1. The van der Waals surface area contributed by atoms with E-state index >= 15 is 0 Å². The Balaban J connectivity index is 4.44. The lowest BCUT2D eigenvalue weighted by Crippen LogP contribution is -2.42. The summed E-state index contributed by atoms with van der Waals surface area (Å²) in [4.78, 5) is 17.6. The molecule has 0 rings (SSSR count). The van der Waals surface area contributed by atoms with Crippen LogP contribution < -0.4 is 10.6 Å². The van der Waals surface area contributed by atoms with Gasteiger partial charge >= 0.3 is 0 Å². The molecular weight excluding hydrogens is 292 g/mol. The van der Waals surface area contributed by atoms with Gasteiger partial charge in [0.2, 0.25) is 5.91 Å². The number of carbonyl (C=O) groups excluding carboxylic acids is 1. The molecule has 1 atom stereocenters. The molecular formula is C17H36N4O2. The van der Waals surface area contributed by atoms with Gasteiger partial charge in [0.25, 0.3) is 0 Å². The standard InChI is InChI=1S/C17H36N4O2/c1-6-9-10-15(7-2)13-19-17(18-11-12-23-8-3)20-14-16(22)21(4)5/h15H,6-14H2,1-5H3,(H2,18,19,20). The van der Waals surface area contributed by atoms with Crippen molar-refractivity contribution < 1.29 is 9.53 Å². The molecule has 0 fully saturated rings. The summed E-state index contributed by atoms with van der Waals surface area (Å²) in [6, 6.07) is 0. The Bertz CT molecular complexity index is 333. The Morgan fingerprint density at radius 1 is 1.22 bits per heavy atom. The molecule has 0 saturated heterocycles. The Morgan fingerprint density at radius 2 is 1.96 bits per heavy atom. The van der Waals surface area contributed by atoms with E-state index in [0.717, 1.165) is 13.0 Å². The first-order valence-electron chi connectivity index (χ1n) is 8.85. The monoisotopic (exact) mass is 328 g/mol. The van der Waals surface area contributed by atoms with Gasteiger partial charge < -0.3 is 20.3 Å². The first kappa shape index (κ1) is 21.7. The van der Waals surface area contributed by atoms with E-state index in [9.17, 15) is 4.79 Å². The number of hydrogen-bond donors (Lipinski definition) is 2. The molecule has 0 spiro atoms. The Kier molecular flexibility index (Phi) is 13.5. The maximum Gasteiger partial charge on any atom is 0.243 e. The van der Waals surface area contributed by atoms with Gasteiger partial charge in [-0.25, -0.2) is 4.99 Å². The molecule has 0 bridgehead atoms. The Hall–Kier alpha value is -1.30. The van der Waals surface area contributed by atoms with Gasteiger partial charge in [-0.05, 0) is 19.3 Å². The van der Waals surface area contributed by atoms with E-state index < -0.39 is 0 Å². The molecule has 0 saturated carbocycles. The van der Waals surface area contributed by atoms with E-state index in [1.54, 1.807) is 19.0 Å². The van der Waals surface area contributed by atoms with E-state index in [1.807, 2.05) is 6.92 Å². The van der Waals surface area contributed by atoms with E-state index in [1.165, 1.54) is 19.3 Å². The molecule has 2 N–H and O–H groups in total. The maximum atomic E-state index is 11.7. The van der Waals surface area contributed by atoms with Gasteiger partial charge in [0, 0.05) is 33.8 Å². The largest absolute Gasteiger partial charge is 0.380 e. The normalized spacial score (nSPS) is 12.8. The van der Waals surface area contributed by atoms with Crippen LogP contribution in [0, 0.1) is 5.92 Å². The van der Waals surface area contributed by atoms with Crippen molar-refractivity contribution in [3.05, 3.63) is 0 Å². The average molecular weight is 329 g/mol. The number of rotatable bonds is 12. The van der Waals surface area contributed by atoms with Crippen molar-refractivity contribution >= 4 is 11.9 Å². The highest BCUT2D eigenvalue weighted by atomic mass is 16.5. The first-order chi connectivity index (χ1) is 11.0. The summed E-state index contributed by atoms with van der Waals surface area (Å²) >= 11 is 0. The minimum Gasteiger partial charge on any atom is -0.380 e. The van der Waals surface area contributed by atoms with E-state index in [4.69, 9.17) is 4.74 Å². The van der Waals surface area contributed by atoms with Crippen molar-refractivity contribution in [3.63, 3.8) is 0 Å². The predicted octanol–water partition coefficient (Wildman–Crippen LogP) is 1.86. The van der Waals surface area contributed by atoms with E-state index in [-0.39, 0.29) is 12.5 Å². The van der Waals surface area contributed by atoms with Gasteiger partial charge in [-0.15, -0.1) is 0 Å². The molecule has 6 nitrogen and oxygen atoms in total. The van der Waals surface area contributed by atoms with Crippen LogP contribution in [0.15, 0.2) is 4.99 Å². The van der Waals surface area contributed by atoms with Gasteiger partial charge in [0.15, 0.2) is 5.96 Å². The summed E-state index contributed by atoms with van der Waals surface area (Å²) < 4.78 is 5.33. The summed E-state index contributed by atoms with van der Waals surface area (Å²) in [7, 11) is 3.48. The molecule has 0 aliphatic carbocycles. The predicted molar refractivity (Wildman–Crippen MR) is 96.8 cm³/mol. The van der Waals surface area contributed by atoms with Crippen molar-refractivity contribution in [2.24, 2.45) is 10.9 Å². The number of amides is 1. The molecule has 0 aliphatic rings. The number of nitrogens with zero attached hydrogens (tertiary/aromatic N) is 2. The highest BCUT2D eigenvalue weighted by Gasteiger charge is 2.08. The minimum absolute atomic E-state index is 0.00562. The summed E-state index contributed by atoms with van der Waals surface area (Å²) in [5.74, 6) is 1.32. The molecule has 6 heteroatoms. The summed E-state index contributed by atoms with van der Waals surface area (Å²) in [5.41, 5.74) is 0. The number of ether oxygens (including phenoxy) is 1. The highest BCUT2D eigenvalue weighted by Crippen LogP contribution is 2.10. The molecule has 0 aliphatic heterocycles. The quantitative estimate of drug-likeness (QED) is 0.326.